The highest BCUT2D eigenvalue weighted by molar-refractivity contribution is 9.08. The predicted molar refractivity (Wildman–Crippen MR) is 88.1 cm³/mol. The molecule has 0 aromatic heterocycles. The Kier molecular flexibility index (Phi) is 4.20. The van der Waals surface area contributed by atoms with Gasteiger partial charge in [-0.25, -0.2) is 0 Å². The highest BCUT2D eigenvalue weighted by Gasteiger charge is 2.37. The summed E-state index contributed by atoms with van der Waals surface area (Å²) in [5.41, 5.74) is 2.53. The van der Waals surface area contributed by atoms with Gasteiger partial charge < -0.3 is 4.90 Å². The third kappa shape index (κ3) is 2.93. The SMILES string of the molecule is O=[N+]([O-])c1cc(CBr)ccc1N1CCC2(CCCC2)CC1. The van der Waals surface area contributed by atoms with Crippen LogP contribution in [0.25, 0.3) is 0 Å². The van der Waals surface area contributed by atoms with Crippen molar-refractivity contribution in [3.8, 4) is 0 Å². The summed E-state index contributed by atoms with van der Waals surface area (Å²) in [6.45, 7) is 1.91. The molecule has 4 nitrogen and oxygen atoms in total. The lowest BCUT2D eigenvalue weighted by atomic mass is 9.77. The maximum absolute atomic E-state index is 11.3. The van der Waals surface area contributed by atoms with Crippen molar-refractivity contribution in [2.75, 3.05) is 18.0 Å². The Morgan fingerprint density at radius 2 is 1.86 bits per heavy atom. The van der Waals surface area contributed by atoms with Crippen molar-refractivity contribution in [1.29, 1.82) is 0 Å². The molecule has 1 aliphatic carbocycles. The van der Waals surface area contributed by atoms with E-state index in [9.17, 15) is 10.1 Å². The van der Waals surface area contributed by atoms with Crippen molar-refractivity contribution in [3.63, 3.8) is 0 Å². The van der Waals surface area contributed by atoms with Crippen molar-refractivity contribution >= 4 is 27.3 Å². The molecule has 0 atom stereocenters. The van der Waals surface area contributed by atoms with E-state index in [2.05, 4.69) is 20.8 Å². The number of hydrogen-bond donors (Lipinski definition) is 0. The van der Waals surface area contributed by atoms with E-state index in [1.54, 1.807) is 6.07 Å². The van der Waals surface area contributed by atoms with Gasteiger partial charge in [-0.2, -0.15) is 0 Å². The summed E-state index contributed by atoms with van der Waals surface area (Å²) < 4.78 is 0. The predicted octanol–water partition coefficient (Wildman–Crippen LogP) is 4.65. The van der Waals surface area contributed by atoms with Gasteiger partial charge >= 0.3 is 0 Å². The molecule has 3 rings (SSSR count). The average Bonchev–Trinajstić information content (AvgIpc) is 2.96. The molecule has 0 N–H and O–H groups in total. The molecular formula is C16H21BrN2O2. The fourth-order valence-corrected chi connectivity index (χ4v) is 4.26. The van der Waals surface area contributed by atoms with Gasteiger partial charge in [0.25, 0.3) is 5.69 Å². The maximum Gasteiger partial charge on any atom is 0.292 e. The minimum absolute atomic E-state index is 0.245. The van der Waals surface area contributed by atoms with Crippen LogP contribution in [0.1, 0.15) is 44.1 Å². The van der Waals surface area contributed by atoms with E-state index in [-0.39, 0.29) is 10.6 Å². The number of halogens is 1. The van der Waals surface area contributed by atoms with E-state index in [0.29, 0.717) is 10.7 Å². The Balaban J connectivity index is 1.80. The Hall–Kier alpha value is -1.10. The number of hydrogen-bond acceptors (Lipinski definition) is 3. The summed E-state index contributed by atoms with van der Waals surface area (Å²) in [6.07, 6.45) is 7.80. The van der Waals surface area contributed by atoms with Crippen LogP contribution < -0.4 is 4.90 Å². The number of anilines is 1. The van der Waals surface area contributed by atoms with E-state index in [1.807, 2.05) is 12.1 Å². The van der Waals surface area contributed by atoms with Crippen LogP contribution in [0.15, 0.2) is 18.2 Å². The number of benzene rings is 1. The molecular weight excluding hydrogens is 332 g/mol. The second-order valence-corrected chi connectivity index (χ2v) is 6.97. The molecule has 2 aliphatic rings. The summed E-state index contributed by atoms with van der Waals surface area (Å²) in [7, 11) is 0. The fourth-order valence-electron chi connectivity index (χ4n) is 3.91. The van der Waals surface area contributed by atoms with E-state index >= 15 is 0 Å². The van der Waals surface area contributed by atoms with E-state index in [4.69, 9.17) is 0 Å². The topological polar surface area (TPSA) is 46.4 Å². The molecule has 0 amide bonds. The van der Waals surface area contributed by atoms with Crippen LogP contribution in [0.4, 0.5) is 11.4 Å². The zero-order valence-corrected chi connectivity index (χ0v) is 13.8. The minimum Gasteiger partial charge on any atom is -0.366 e. The minimum atomic E-state index is -0.249. The summed E-state index contributed by atoms with van der Waals surface area (Å²) in [4.78, 5) is 13.3. The van der Waals surface area contributed by atoms with Crippen LogP contribution in [0, 0.1) is 15.5 Å². The van der Waals surface area contributed by atoms with Crippen LogP contribution in [-0.2, 0) is 5.33 Å². The van der Waals surface area contributed by atoms with Crippen LogP contribution >= 0.6 is 15.9 Å². The maximum atomic E-state index is 11.3. The van der Waals surface area contributed by atoms with Gasteiger partial charge in [0.15, 0.2) is 0 Å². The lowest BCUT2D eigenvalue weighted by molar-refractivity contribution is -0.384. The second kappa shape index (κ2) is 5.95. The molecule has 0 unspecified atom stereocenters. The number of nitro benzene ring substituents is 1. The van der Waals surface area contributed by atoms with Crippen molar-refractivity contribution in [3.05, 3.63) is 33.9 Å². The second-order valence-electron chi connectivity index (χ2n) is 6.41. The molecule has 1 saturated heterocycles. The zero-order valence-electron chi connectivity index (χ0n) is 12.2. The van der Waals surface area contributed by atoms with Gasteiger partial charge in [0.1, 0.15) is 5.69 Å². The monoisotopic (exact) mass is 352 g/mol. The van der Waals surface area contributed by atoms with E-state index < -0.39 is 0 Å². The van der Waals surface area contributed by atoms with Gasteiger partial charge in [-0.1, -0.05) is 34.8 Å². The molecule has 1 heterocycles. The third-order valence-corrected chi connectivity index (χ3v) is 5.87. The molecule has 1 saturated carbocycles. The van der Waals surface area contributed by atoms with Gasteiger partial charge in [0, 0.05) is 24.5 Å². The first kappa shape index (κ1) is 14.8. The molecule has 2 fully saturated rings. The highest BCUT2D eigenvalue weighted by atomic mass is 79.9. The Bertz CT molecular complexity index is 531. The van der Waals surface area contributed by atoms with Gasteiger partial charge in [-0.05, 0) is 42.7 Å². The van der Waals surface area contributed by atoms with Crippen LogP contribution in [0.2, 0.25) is 0 Å². The molecule has 21 heavy (non-hydrogen) atoms. The van der Waals surface area contributed by atoms with Gasteiger partial charge in [-0.15, -0.1) is 0 Å². The van der Waals surface area contributed by atoms with Crippen LogP contribution in [0.5, 0.6) is 0 Å². The first-order chi connectivity index (χ1) is 10.1. The average molecular weight is 353 g/mol. The fraction of sp³-hybridized carbons (Fsp3) is 0.625. The number of rotatable bonds is 3. The summed E-state index contributed by atoms with van der Waals surface area (Å²) in [6, 6.07) is 5.60. The first-order valence-corrected chi connectivity index (χ1v) is 8.84. The number of nitrogens with zero attached hydrogens (tertiary/aromatic N) is 2. The van der Waals surface area contributed by atoms with Crippen LogP contribution in [0.3, 0.4) is 0 Å². The van der Waals surface area contributed by atoms with Gasteiger partial charge in [0.2, 0.25) is 0 Å². The lowest BCUT2D eigenvalue weighted by Crippen LogP contribution is -2.39. The molecule has 1 aromatic carbocycles. The van der Waals surface area contributed by atoms with Gasteiger partial charge in [0.05, 0.1) is 4.92 Å². The van der Waals surface area contributed by atoms with Crippen LogP contribution in [-0.4, -0.2) is 18.0 Å². The number of alkyl halides is 1. The van der Waals surface area contributed by atoms with Crippen molar-refractivity contribution in [2.45, 2.75) is 43.9 Å². The Morgan fingerprint density at radius 3 is 2.43 bits per heavy atom. The molecule has 0 bridgehead atoms. The summed E-state index contributed by atoms with van der Waals surface area (Å²) >= 11 is 3.37. The zero-order chi connectivity index (χ0) is 14.9. The molecule has 0 radical (unpaired) electrons. The van der Waals surface area contributed by atoms with E-state index in [1.165, 1.54) is 38.5 Å². The molecule has 5 heteroatoms. The summed E-state index contributed by atoms with van der Waals surface area (Å²) in [5.74, 6) is 0. The van der Waals surface area contributed by atoms with E-state index in [0.717, 1.165) is 24.3 Å². The molecule has 114 valence electrons. The quantitative estimate of drug-likeness (QED) is 0.451. The van der Waals surface area contributed by atoms with Crippen molar-refractivity contribution in [1.82, 2.24) is 0 Å². The Morgan fingerprint density at radius 1 is 1.19 bits per heavy atom. The lowest BCUT2D eigenvalue weighted by Gasteiger charge is -2.40. The van der Waals surface area contributed by atoms with Gasteiger partial charge in [-0.3, -0.25) is 10.1 Å². The first-order valence-electron chi connectivity index (χ1n) is 7.72. The summed E-state index contributed by atoms with van der Waals surface area (Å²) in [5, 5.41) is 12.0. The Labute approximate surface area is 133 Å². The number of nitro groups is 1. The standard InChI is InChI=1S/C16H21BrN2O2/c17-12-13-3-4-14(15(11-13)19(20)21)18-9-7-16(8-10-18)5-1-2-6-16/h3-4,11H,1-2,5-10,12H2. The van der Waals surface area contributed by atoms with Crippen molar-refractivity contribution in [2.24, 2.45) is 5.41 Å². The molecule has 1 spiro atoms. The largest absolute Gasteiger partial charge is 0.366 e. The highest BCUT2D eigenvalue weighted by Crippen LogP contribution is 2.47. The molecule has 1 aromatic rings. The number of piperidine rings is 1. The van der Waals surface area contributed by atoms with Crippen molar-refractivity contribution < 1.29 is 4.92 Å². The normalized spacial score (nSPS) is 20.9. The molecule has 1 aliphatic heterocycles. The smallest absolute Gasteiger partial charge is 0.292 e. The third-order valence-electron chi connectivity index (χ3n) is 5.22.